The van der Waals surface area contributed by atoms with E-state index in [0.29, 0.717) is 6.04 Å². The molecular weight excluding hydrogens is 505 g/mol. The third-order valence-electron chi connectivity index (χ3n) is 4.80. The second kappa shape index (κ2) is 11.9. The first-order chi connectivity index (χ1) is 13.2. The Morgan fingerprint density at radius 2 is 2.11 bits per heavy atom. The summed E-state index contributed by atoms with van der Waals surface area (Å²) in [5.74, 6) is 0.828. The zero-order chi connectivity index (χ0) is 19.1. The molecule has 1 aliphatic rings. The molecule has 1 unspecified atom stereocenters. The minimum Gasteiger partial charge on any atom is -0.356 e. The highest BCUT2D eigenvalue weighted by atomic mass is 127. The van der Waals surface area contributed by atoms with E-state index in [4.69, 9.17) is 11.6 Å². The van der Waals surface area contributed by atoms with Gasteiger partial charge in [0, 0.05) is 42.7 Å². The van der Waals surface area contributed by atoms with E-state index in [2.05, 4.69) is 44.6 Å². The molecule has 2 heterocycles. The molecule has 1 saturated heterocycles. The van der Waals surface area contributed by atoms with E-state index in [1.165, 1.54) is 23.3 Å². The molecule has 0 bridgehead atoms. The molecule has 28 heavy (non-hydrogen) atoms. The Hall–Kier alpha value is -0.900. The summed E-state index contributed by atoms with van der Waals surface area (Å²) in [6, 6.07) is 8.50. The van der Waals surface area contributed by atoms with Crippen LogP contribution in [-0.2, 0) is 6.42 Å². The molecule has 0 aliphatic carbocycles. The lowest BCUT2D eigenvalue weighted by atomic mass is 10.1. The number of aromatic nitrogens is 1. The molecule has 1 fully saturated rings. The number of aryl methyl sites for hydroxylation is 1. The Kier molecular flexibility index (Phi) is 9.98. The Morgan fingerprint density at radius 3 is 2.75 bits per heavy atom. The molecule has 5 nitrogen and oxygen atoms in total. The van der Waals surface area contributed by atoms with Crippen LogP contribution in [-0.4, -0.2) is 49.1 Å². The maximum absolute atomic E-state index is 6.23. The van der Waals surface area contributed by atoms with Crippen LogP contribution in [0.4, 0.5) is 0 Å². The van der Waals surface area contributed by atoms with Crippen molar-refractivity contribution in [2.75, 3.05) is 33.2 Å². The summed E-state index contributed by atoms with van der Waals surface area (Å²) in [6.07, 6.45) is 5.36. The first-order valence-corrected chi connectivity index (χ1v) is 10.7. The molecule has 1 aliphatic heterocycles. The first kappa shape index (κ1) is 23.4. The van der Waals surface area contributed by atoms with Crippen LogP contribution in [0.15, 0.2) is 35.5 Å². The van der Waals surface area contributed by atoms with Crippen LogP contribution in [0.3, 0.4) is 0 Å². The quantitative estimate of drug-likeness (QED) is 0.317. The summed E-state index contributed by atoms with van der Waals surface area (Å²) in [6.45, 7) is 5.97. The Bertz CT molecular complexity index is 761. The fourth-order valence-corrected chi connectivity index (χ4v) is 4.43. The van der Waals surface area contributed by atoms with Gasteiger partial charge in [-0.1, -0.05) is 23.7 Å². The molecule has 154 valence electrons. The molecular formula is C20H29ClIN5S. The normalized spacial score (nSPS) is 15.9. The lowest BCUT2D eigenvalue weighted by Crippen LogP contribution is -2.43. The van der Waals surface area contributed by atoms with E-state index in [9.17, 15) is 0 Å². The predicted octanol–water partition coefficient (Wildman–Crippen LogP) is 4.27. The van der Waals surface area contributed by atoms with Gasteiger partial charge in [0.15, 0.2) is 5.96 Å². The van der Waals surface area contributed by atoms with Gasteiger partial charge in [-0.3, -0.25) is 9.89 Å². The maximum atomic E-state index is 6.23. The number of thiazole rings is 1. The molecule has 1 atom stereocenters. The second-order valence-electron chi connectivity index (χ2n) is 6.81. The number of rotatable bonds is 7. The molecule has 0 radical (unpaired) electrons. The molecule has 0 saturated carbocycles. The minimum atomic E-state index is 0. The zero-order valence-corrected chi connectivity index (χ0v) is 20.4. The van der Waals surface area contributed by atoms with E-state index in [0.717, 1.165) is 48.6 Å². The highest BCUT2D eigenvalue weighted by molar-refractivity contribution is 14.0. The molecule has 2 aromatic rings. The monoisotopic (exact) mass is 533 g/mol. The highest BCUT2D eigenvalue weighted by Crippen LogP contribution is 2.26. The van der Waals surface area contributed by atoms with Crippen LogP contribution in [0.2, 0.25) is 5.02 Å². The molecule has 0 spiro atoms. The van der Waals surface area contributed by atoms with Gasteiger partial charge in [-0.05, 0) is 50.6 Å². The summed E-state index contributed by atoms with van der Waals surface area (Å²) in [7, 11) is 1.81. The number of guanidine groups is 1. The van der Waals surface area contributed by atoms with Crippen molar-refractivity contribution in [3.63, 3.8) is 0 Å². The van der Waals surface area contributed by atoms with Gasteiger partial charge in [0.2, 0.25) is 0 Å². The van der Waals surface area contributed by atoms with Crippen molar-refractivity contribution in [2.45, 2.75) is 32.2 Å². The average molecular weight is 534 g/mol. The Morgan fingerprint density at radius 1 is 1.32 bits per heavy atom. The first-order valence-electron chi connectivity index (χ1n) is 9.51. The van der Waals surface area contributed by atoms with Crippen molar-refractivity contribution in [1.29, 1.82) is 0 Å². The van der Waals surface area contributed by atoms with Gasteiger partial charge < -0.3 is 10.6 Å². The standard InChI is InChI=1S/C20H28ClN5S.HI/c1-15-13-24-19(27-15)8-9-23-20(22-2)25-14-18(26-10-3-4-11-26)16-6-5-7-17(21)12-16;/h5-7,12-13,18H,3-4,8-11,14H2,1-2H3,(H2,22,23,25);1H. The van der Waals surface area contributed by atoms with E-state index in [1.54, 1.807) is 11.3 Å². The smallest absolute Gasteiger partial charge is 0.191 e. The third-order valence-corrected chi connectivity index (χ3v) is 6.01. The number of hydrogen-bond donors (Lipinski definition) is 2. The Balaban J connectivity index is 0.00000280. The van der Waals surface area contributed by atoms with Crippen molar-refractivity contribution in [1.82, 2.24) is 20.5 Å². The van der Waals surface area contributed by atoms with Crippen LogP contribution in [0, 0.1) is 6.92 Å². The van der Waals surface area contributed by atoms with E-state index >= 15 is 0 Å². The van der Waals surface area contributed by atoms with Gasteiger partial charge in [-0.15, -0.1) is 35.3 Å². The number of hydrogen-bond acceptors (Lipinski definition) is 4. The SMILES string of the molecule is CN=C(NCCc1ncc(C)s1)NCC(c1cccc(Cl)c1)N1CCCC1.I. The van der Waals surface area contributed by atoms with E-state index in [1.807, 2.05) is 25.4 Å². The van der Waals surface area contributed by atoms with E-state index < -0.39 is 0 Å². The number of likely N-dealkylation sites (tertiary alicyclic amines) is 1. The molecule has 8 heteroatoms. The summed E-state index contributed by atoms with van der Waals surface area (Å²) < 4.78 is 0. The lowest BCUT2D eigenvalue weighted by molar-refractivity contribution is 0.245. The molecule has 3 rings (SSSR count). The van der Waals surface area contributed by atoms with Gasteiger partial charge >= 0.3 is 0 Å². The number of benzene rings is 1. The average Bonchev–Trinajstić information content (AvgIpc) is 3.32. The van der Waals surface area contributed by atoms with Crippen LogP contribution < -0.4 is 10.6 Å². The number of aliphatic imine (C=N–C) groups is 1. The fraction of sp³-hybridized carbons (Fsp3) is 0.500. The number of nitrogens with zero attached hydrogens (tertiary/aromatic N) is 3. The molecule has 1 aromatic carbocycles. The number of halogens is 2. The van der Waals surface area contributed by atoms with Crippen LogP contribution in [0.25, 0.3) is 0 Å². The topological polar surface area (TPSA) is 52.6 Å². The fourth-order valence-electron chi connectivity index (χ4n) is 3.44. The van der Waals surface area contributed by atoms with Gasteiger partial charge in [-0.2, -0.15) is 0 Å². The van der Waals surface area contributed by atoms with Crippen molar-refractivity contribution in [2.24, 2.45) is 4.99 Å². The van der Waals surface area contributed by atoms with Crippen LogP contribution in [0.5, 0.6) is 0 Å². The minimum absolute atomic E-state index is 0. The molecule has 1 aromatic heterocycles. The van der Waals surface area contributed by atoms with E-state index in [-0.39, 0.29) is 24.0 Å². The van der Waals surface area contributed by atoms with Crippen molar-refractivity contribution >= 4 is 52.9 Å². The predicted molar refractivity (Wildman–Crippen MR) is 130 cm³/mol. The summed E-state index contributed by atoms with van der Waals surface area (Å²) >= 11 is 7.98. The van der Waals surface area contributed by atoms with Crippen molar-refractivity contribution in [3.05, 3.63) is 50.9 Å². The third kappa shape index (κ3) is 6.86. The van der Waals surface area contributed by atoms with Crippen LogP contribution >= 0.6 is 46.9 Å². The maximum Gasteiger partial charge on any atom is 0.191 e. The number of nitrogens with one attached hydrogen (secondary N) is 2. The zero-order valence-electron chi connectivity index (χ0n) is 16.4. The van der Waals surface area contributed by atoms with Crippen molar-refractivity contribution < 1.29 is 0 Å². The highest BCUT2D eigenvalue weighted by Gasteiger charge is 2.23. The Labute approximate surface area is 194 Å². The molecule has 0 amide bonds. The van der Waals surface area contributed by atoms with Gasteiger partial charge in [-0.25, -0.2) is 4.98 Å². The summed E-state index contributed by atoms with van der Waals surface area (Å²) in [5.41, 5.74) is 1.26. The summed E-state index contributed by atoms with van der Waals surface area (Å²) in [4.78, 5) is 12.6. The van der Waals surface area contributed by atoms with Gasteiger partial charge in [0.05, 0.1) is 11.0 Å². The van der Waals surface area contributed by atoms with Crippen molar-refractivity contribution in [3.8, 4) is 0 Å². The lowest BCUT2D eigenvalue weighted by Gasteiger charge is -2.29. The van der Waals surface area contributed by atoms with Gasteiger partial charge in [0.1, 0.15) is 0 Å². The van der Waals surface area contributed by atoms with Crippen LogP contribution in [0.1, 0.15) is 34.3 Å². The second-order valence-corrected chi connectivity index (χ2v) is 8.56. The summed E-state index contributed by atoms with van der Waals surface area (Å²) in [5, 5.41) is 8.84. The molecule has 2 N–H and O–H groups in total. The van der Waals surface area contributed by atoms with Gasteiger partial charge in [0.25, 0.3) is 0 Å². The largest absolute Gasteiger partial charge is 0.356 e.